The van der Waals surface area contributed by atoms with Crippen LogP contribution in [-0.2, 0) is 0 Å². The minimum absolute atomic E-state index is 0.280. The zero-order chi connectivity index (χ0) is 17.4. The van der Waals surface area contributed by atoms with Crippen molar-refractivity contribution in [2.75, 3.05) is 24.3 Å². The van der Waals surface area contributed by atoms with E-state index in [1.165, 1.54) is 11.3 Å². The van der Waals surface area contributed by atoms with E-state index in [2.05, 4.69) is 15.3 Å². The Hall–Kier alpha value is -3.13. The fourth-order valence-electron chi connectivity index (χ4n) is 2.27. The zero-order valence-electron chi connectivity index (χ0n) is 13.5. The number of nitrogens with zero attached hydrogens (tertiary/aromatic N) is 3. The fraction of sp³-hybridized carbons (Fsp3) is 0.118. The number of aromatic nitrogens is 2. The molecular formula is C17H14N4O3S. The third kappa shape index (κ3) is 2.99. The summed E-state index contributed by atoms with van der Waals surface area (Å²) in [6, 6.07) is 7.66. The number of thiazole rings is 1. The number of carbonyl (C=O) groups is 1. The van der Waals surface area contributed by atoms with Crippen LogP contribution in [0.3, 0.4) is 0 Å². The highest BCUT2D eigenvalue weighted by Gasteiger charge is 2.14. The van der Waals surface area contributed by atoms with E-state index < -0.39 is 0 Å². The topological polar surface area (TPSA) is 84.4 Å². The normalized spacial score (nSPS) is 11.0. The Morgan fingerprint density at radius 2 is 2.12 bits per heavy atom. The molecule has 0 saturated heterocycles. The number of furan rings is 1. The van der Waals surface area contributed by atoms with Gasteiger partial charge in [0.2, 0.25) is 0 Å². The summed E-state index contributed by atoms with van der Waals surface area (Å²) in [5, 5.41) is 5.28. The van der Waals surface area contributed by atoms with Crippen LogP contribution in [0.4, 0.5) is 11.7 Å². The summed E-state index contributed by atoms with van der Waals surface area (Å²) in [6.45, 7) is 0. The van der Waals surface area contributed by atoms with Crippen molar-refractivity contribution in [1.29, 1.82) is 0 Å². The number of fused-ring (bicyclic) bond motifs is 1. The average molecular weight is 354 g/mol. The molecule has 0 unspecified atom stereocenters. The molecule has 3 heterocycles. The van der Waals surface area contributed by atoms with E-state index in [1.807, 2.05) is 14.1 Å². The summed E-state index contributed by atoms with van der Waals surface area (Å²) in [7, 11) is 3.71. The van der Waals surface area contributed by atoms with Crippen LogP contribution in [0, 0.1) is 0 Å². The molecule has 0 atom stereocenters. The van der Waals surface area contributed by atoms with Crippen molar-refractivity contribution in [1.82, 2.24) is 9.97 Å². The van der Waals surface area contributed by atoms with Gasteiger partial charge in [0.15, 0.2) is 5.58 Å². The van der Waals surface area contributed by atoms with Gasteiger partial charge in [0.1, 0.15) is 22.5 Å². The molecule has 0 radical (unpaired) electrons. The van der Waals surface area contributed by atoms with Crippen molar-refractivity contribution in [3.05, 3.63) is 47.9 Å². The highest BCUT2D eigenvalue weighted by molar-refractivity contribution is 7.13. The average Bonchev–Trinajstić information content (AvgIpc) is 3.33. The summed E-state index contributed by atoms with van der Waals surface area (Å²) >= 11 is 1.39. The first kappa shape index (κ1) is 15.4. The second-order valence-corrected chi connectivity index (χ2v) is 6.44. The number of carbonyl (C=O) groups excluding carboxylic acids is 1. The highest BCUT2D eigenvalue weighted by atomic mass is 32.1. The van der Waals surface area contributed by atoms with E-state index in [0.29, 0.717) is 23.0 Å². The maximum atomic E-state index is 12.4. The first-order valence-electron chi connectivity index (χ1n) is 7.47. The van der Waals surface area contributed by atoms with Crippen molar-refractivity contribution >= 4 is 40.0 Å². The maximum absolute atomic E-state index is 12.4. The molecule has 0 bridgehead atoms. The second-order valence-electron chi connectivity index (χ2n) is 5.58. The lowest BCUT2D eigenvalue weighted by Crippen LogP contribution is -2.12. The van der Waals surface area contributed by atoms with Crippen LogP contribution in [0.1, 0.15) is 10.5 Å². The van der Waals surface area contributed by atoms with Crippen LogP contribution in [0.25, 0.3) is 21.7 Å². The quantitative estimate of drug-likeness (QED) is 0.599. The lowest BCUT2D eigenvalue weighted by molar-refractivity contribution is 0.102. The molecule has 0 fully saturated rings. The fourth-order valence-corrected chi connectivity index (χ4v) is 3.06. The SMILES string of the molecule is CN(C)c1nc2ccc(NC(=O)c3csc(-c4ccoc4)n3)cc2o1. The van der Waals surface area contributed by atoms with Crippen molar-refractivity contribution in [2.45, 2.75) is 0 Å². The van der Waals surface area contributed by atoms with Gasteiger partial charge in [0, 0.05) is 36.8 Å². The van der Waals surface area contributed by atoms with Gasteiger partial charge in [0.05, 0.1) is 6.26 Å². The summed E-state index contributed by atoms with van der Waals surface area (Å²) in [5.74, 6) is -0.280. The van der Waals surface area contributed by atoms with Crippen LogP contribution in [-0.4, -0.2) is 30.0 Å². The summed E-state index contributed by atoms with van der Waals surface area (Å²) < 4.78 is 10.7. The van der Waals surface area contributed by atoms with E-state index in [9.17, 15) is 4.79 Å². The Morgan fingerprint density at radius 1 is 1.24 bits per heavy atom. The second kappa shape index (κ2) is 6.06. The Balaban J connectivity index is 1.55. The number of nitrogens with one attached hydrogen (secondary N) is 1. The summed E-state index contributed by atoms with van der Waals surface area (Å²) in [4.78, 5) is 22.9. The standard InChI is InChI=1S/C17H14N4O3S/c1-21(2)17-20-12-4-3-11(7-14(12)24-17)18-15(22)13-9-25-16(19-13)10-5-6-23-8-10/h3-9H,1-2H3,(H,18,22). The molecule has 0 aliphatic carbocycles. The predicted octanol–water partition coefficient (Wildman–Crippen LogP) is 3.86. The van der Waals surface area contributed by atoms with Gasteiger partial charge >= 0.3 is 0 Å². The van der Waals surface area contributed by atoms with Gasteiger partial charge in [0.25, 0.3) is 11.9 Å². The molecule has 0 aliphatic heterocycles. The smallest absolute Gasteiger partial charge is 0.297 e. The van der Waals surface area contributed by atoms with Gasteiger partial charge in [-0.15, -0.1) is 11.3 Å². The van der Waals surface area contributed by atoms with E-state index in [1.54, 1.807) is 47.1 Å². The van der Waals surface area contributed by atoms with Gasteiger partial charge in [-0.2, -0.15) is 4.98 Å². The monoisotopic (exact) mass is 354 g/mol. The third-order valence-electron chi connectivity index (χ3n) is 3.52. The number of benzene rings is 1. The molecule has 1 aromatic carbocycles. The third-order valence-corrected chi connectivity index (χ3v) is 4.41. The van der Waals surface area contributed by atoms with Gasteiger partial charge < -0.3 is 19.1 Å². The van der Waals surface area contributed by atoms with Gasteiger partial charge in [-0.05, 0) is 18.2 Å². The molecular weight excluding hydrogens is 340 g/mol. The van der Waals surface area contributed by atoms with Crippen LogP contribution in [0.5, 0.6) is 0 Å². The molecule has 1 N–H and O–H groups in total. The first-order valence-corrected chi connectivity index (χ1v) is 8.35. The molecule has 1 amide bonds. The van der Waals surface area contributed by atoms with Crippen molar-refractivity contribution in [2.24, 2.45) is 0 Å². The van der Waals surface area contributed by atoms with E-state index >= 15 is 0 Å². The van der Waals surface area contributed by atoms with Crippen LogP contribution in [0.15, 0.2) is 51.0 Å². The lowest BCUT2D eigenvalue weighted by Gasteiger charge is -2.03. The number of rotatable bonds is 4. The first-order chi connectivity index (χ1) is 12.1. The molecule has 3 aromatic heterocycles. The maximum Gasteiger partial charge on any atom is 0.297 e. The number of amides is 1. The number of oxazole rings is 1. The number of hydrogen-bond donors (Lipinski definition) is 1. The Kier molecular flexibility index (Phi) is 3.73. The molecule has 0 aliphatic rings. The van der Waals surface area contributed by atoms with Gasteiger partial charge in [-0.3, -0.25) is 4.79 Å². The number of hydrogen-bond acceptors (Lipinski definition) is 7. The van der Waals surface area contributed by atoms with Crippen LogP contribution >= 0.6 is 11.3 Å². The molecule has 7 nitrogen and oxygen atoms in total. The summed E-state index contributed by atoms with van der Waals surface area (Å²) in [5.41, 5.74) is 3.17. The molecule has 0 saturated carbocycles. The highest BCUT2D eigenvalue weighted by Crippen LogP contribution is 2.26. The Bertz CT molecular complexity index is 1030. The van der Waals surface area contributed by atoms with E-state index in [0.717, 1.165) is 16.1 Å². The molecule has 4 aromatic rings. The van der Waals surface area contributed by atoms with Crippen LogP contribution in [0.2, 0.25) is 0 Å². The van der Waals surface area contributed by atoms with Crippen molar-refractivity contribution in [3.8, 4) is 10.6 Å². The number of anilines is 2. The molecule has 0 spiro atoms. The Labute approximate surface area is 146 Å². The van der Waals surface area contributed by atoms with Gasteiger partial charge in [-0.25, -0.2) is 4.98 Å². The van der Waals surface area contributed by atoms with E-state index in [4.69, 9.17) is 8.83 Å². The van der Waals surface area contributed by atoms with Crippen molar-refractivity contribution in [3.63, 3.8) is 0 Å². The lowest BCUT2D eigenvalue weighted by atomic mass is 10.3. The largest absolute Gasteiger partial charge is 0.472 e. The predicted molar refractivity (Wildman–Crippen MR) is 96.1 cm³/mol. The molecule has 8 heteroatoms. The molecule has 4 rings (SSSR count). The molecule has 126 valence electrons. The van der Waals surface area contributed by atoms with Crippen LogP contribution < -0.4 is 10.2 Å². The van der Waals surface area contributed by atoms with Crippen molar-refractivity contribution < 1.29 is 13.6 Å². The zero-order valence-corrected chi connectivity index (χ0v) is 14.3. The minimum Gasteiger partial charge on any atom is -0.472 e. The summed E-state index contributed by atoms with van der Waals surface area (Å²) in [6.07, 6.45) is 3.17. The Morgan fingerprint density at radius 3 is 2.88 bits per heavy atom. The van der Waals surface area contributed by atoms with E-state index in [-0.39, 0.29) is 5.91 Å². The minimum atomic E-state index is -0.280. The van der Waals surface area contributed by atoms with Gasteiger partial charge in [-0.1, -0.05) is 0 Å². The molecule has 25 heavy (non-hydrogen) atoms.